The van der Waals surface area contributed by atoms with Crippen LogP contribution in [-0.4, -0.2) is 23.2 Å². The summed E-state index contributed by atoms with van der Waals surface area (Å²) in [7, 11) is -3.16. The molecule has 0 aromatic rings. The van der Waals surface area contributed by atoms with Gasteiger partial charge in [0, 0.05) is 13.5 Å². The molecule has 0 spiro atoms. The molecule has 4 N–H and O–H groups in total. The van der Waals surface area contributed by atoms with Gasteiger partial charge in [0.05, 0.1) is 0 Å². The number of primary amides is 1. The zero-order valence-corrected chi connectivity index (χ0v) is 28.5. The van der Waals surface area contributed by atoms with Crippen LogP contribution in [0.1, 0.15) is 139 Å². The number of carbonyl (C=O) groups excluding carboxylic acids is 1. The van der Waals surface area contributed by atoms with Crippen molar-refractivity contribution in [2.45, 2.75) is 139 Å². The second-order valence-electron chi connectivity index (χ2n) is 10.7. The molecule has 0 fully saturated rings. The van der Waals surface area contributed by atoms with E-state index in [-0.39, 0.29) is 5.91 Å². The first kappa shape index (κ1) is 43.7. The molecule has 0 rings (SSSR count). The lowest BCUT2D eigenvalue weighted by molar-refractivity contribution is -0.160. The topological polar surface area (TPSA) is 119 Å². The number of amides is 1. The molecular weight excluding hydrogens is 537 g/mol. The highest BCUT2D eigenvalue weighted by molar-refractivity contribution is 7.47. The average molecular weight is 600 g/mol. The Morgan fingerprint density at radius 1 is 0.683 bits per heavy atom. The molecule has 0 saturated heterocycles. The lowest BCUT2D eigenvalue weighted by Crippen LogP contribution is -2.09. The zero-order valence-electron chi connectivity index (χ0n) is 27.6. The molecule has 0 aromatic carbocycles. The van der Waals surface area contributed by atoms with Crippen LogP contribution in [0.4, 0.5) is 0 Å². The Kier molecular flexibility index (Phi) is 31.7. The van der Waals surface area contributed by atoms with Crippen LogP contribution in [0.2, 0.25) is 0 Å². The maximum Gasteiger partial charge on any atom is 0.499 e. The van der Waals surface area contributed by atoms with E-state index in [1.54, 1.807) is 0 Å². The number of allylic oxidation sites excluding steroid dienone is 10. The Morgan fingerprint density at radius 2 is 1.05 bits per heavy atom. The molecule has 0 aliphatic carbocycles. The van der Waals surface area contributed by atoms with Crippen molar-refractivity contribution in [2.75, 3.05) is 7.11 Å². The van der Waals surface area contributed by atoms with E-state index in [0.717, 1.165) is 58.5 Å². The van der Waals surface area contributed by atoms with Crippen molar-refractivity contribution >= 4 is 13.7 Å². The summed E-state index contributed by atoms with van der Waals surface area (Å²) < 4.78 is 16.5. The maximum absolute atomic E-state index is 10.8. The zero-order chi connectivity index (χ0) is 32.1. The smallest absolute Gasteiger partial charge is 0.370 e. The van der Waals surface area contributed by atoms with Gasteiger partial charge in [-0.15, -0.1) is 4.67 Å². The maximum atomic E-state index is 10.8. The molecule has 0 aliphatic rings. The fraction of sp³-hybridized carbons (Fsp3) is 0.667. The first-order valence-corrected chi connectivity index (χ1v) is 16.5. The van der Waals surface area contributed by atoms with Crippen molar-refractivity contribution in [1.82, 2.24) is 0 Å². The molecule has 0 radical (unpaired) electrons. The third kappa shape index (κ3) is 38.2. The number of rotatable bonds is 19. The van der Waals surface area contributed by atoms with E-state index >= 15 is 0 Å². The first-order valence-electron chi connectivity index (χ1n) is 15.0. The average Bonchev–Trinajstić information content (AvgIpc) is 2.91. The molecule has 0 aromatic heterocycles. The molecule has 0 heterocycles. The van der Waals surface area contributed by atoms with Crippen LogP contribution >= 0.6 is 7.82 Å². The van der Waals surface area contributed by atoms with Gasteiger partial charge in [-0.25, -0.2) is 9.82 Å². The van der Waals surface area contributed by atoms with E-state index in [0.29, 0.717) is 6.42 Å². The van der Waals surface area contributed by atoms with Gasteiger partial charge in [-0.1, -0.05) is 91.4 Å². The Morgan fingerprint density at radius 3 is 1.32 bits per heavy atom. The Hall–Kier alpha value is -1.76. The number of nitrogens with two attached hydrogens (primary N) is 1. The minimum atomic E-state index is -4.10. The van der Waals surface area contributed by atoms with Crippen LogP contribution in [0.3, 0.4) is 0 Å². The van der Waals surface area contributed by atoms with E-state index < -0.39 is 7.82 Å². The van der Waals surface area contributed by atoms with Crippen molar-refractivity contribution < 1.29 is 28.7 Å². The predicted molar refractivity (Wildman–Crippen MR) is 176 cm³/mol. The van der Waals surface area contributed by atoms with E-state index in [1.165, 1.54) is 53.5 Å². The molecule has 0 aliphatic heterocycles. The van der Waals surface area contributed by atoms with E-state index in [4.69, 9.17) is 15.9 Å². The Labute approximate surface area is 252 Å². The molecule has 8 heteroatoms. The number of carbonyl (C=O) groups is 1. The minimum absolute atomic E-state index is 0.220. The van der Waals surface area contributed by atoms with Gasteiger partial charge in [0.1, 0.15) is 0 Å². The molecule has 240 valence electrons. The van der Waals surface area contributed by atoms with E-state index in [1.807, 2.05) is 0 Å². The molecular formula is C33H62NO6P. The molecule has 7 nitrogen and oxygen atoms in total. The van der Waals surface area contributed by atoms with Crippen molar-refractivity contribution in [2.24, 2.45) is 5.73 Å². The fourth-order valence-electron chi connectivity index (χ4n) is 3.46. The number of hydrogen-bond donors (Lipinski definition) is 3. The minimum Gasteiger partial charge on any atom is -0.370 e. The van der Waals surface area contributed by atoms with Gasteiger partial charge in [0.25, 0.3) is 0 Å². The Balaban J connectivity index is -0.000000996. The van der Waals surface area contributed by atoms with Crippen molar-refractivity contribution in [3.05, 3.63) is 58.2 Å². The summed E-state index contributed by atoms with van der Waals surface area (Å²) >= 11 is 0. The van der Waals surface area contributed by atoms with Crippen LogP contribution < -0.4 is 5.73 Å². The largest absolute Gasteiger partial charge is 0.499 e. The molecule has 41 heavy (non-hydrogen) atoms. The molecule has 0 bridgehead atoms. The number of hydrogen-bond acceptors (Lipinski definition) is 5. The van der Waals surface area contributed by atoms with Gasteiger partial charge in [-0.05, 0) is 99.3 Å². The van der Waals surface area contributed by atoms with Crippen molar-refractivity contribution in [1.29, 1.82) is 0 Å². The van der Waals surface area contributed by atoms with Crippen LogP contribution in [0.25, 0.3) is 0 Å². The molecule has 0 saturated carbocycles. The van der Waals surface area contributed by atoms with Gasteiger partial charge >= 0.3 is 7.82 Å². The predicted octanol–water partition coefficient (Wildman–Crippen LogP) is 10.5. The van der Waals surface area contributed by atoms with Gasteiger partial charge in [0.15, 0.2) is 0 Å². The molecule has 1 unspecified atom stereocenters. The van der Waals surface area contributed by atoms with Gasteiger partial charge in [0.2, 0.25) is 5.91 Å². The summed E-state index contributed by atoms with van der Waals surface area (Å²) in [6, 6.07) is 0. The third-order valence-corrected chi connectivity index (χ3v) is 6.78. The monoisotopic (exact) mass is 599 g/mol. The summed E-state index contributed by atoms with van der Waals surface area (Å²) in [5, 5.41) is 7.46. The van der Waals surface area contributed by atoms with Gasteiger partial charge in [-0.2, -0.15) is 0 Å². The summed E-state index contributed by atoms with van der Waals surface area (Å²) in [5.41, 5.74) is 12.3. The number of unbranched alkanes of at least 4 members (excludes halogenated alkanes) is 3. The lowest BCUT2D eigenvalue weighted by atomic mass is 10.0. The highest BCUT2D eigenvalue weighted by atomic mass is 31.2. The molecule has 1 atom stereocenters. The highest BCUT2D eigenvalue weighted by Crippen LogP contribution is 2.40. The summed E-state index contributed by atoms with van der Waals surface area (Å²) in [6.45, 7) is 17.5. The van der Waals surface area contributed by atoms with Crippen molar-refractivity contribution in [3.8, 4) is 0 Å². The lowest BCUT2D eigenvalue weighted by Gasteiger charge is -2.02. The summed E-state index contributed by atoms with van der Waals surface area (Å²) in [6.07, 6.45) is 26.1. The van der Waals surface area contributed by atoms with E-state index in [9.17, 15) is 9.36 Å². The van der Waals surface area contributed by atoms with Crippen LogP contribution in [-0.2, 0) is 18.6 Å². The van der Waals surface area contributed by atoms with Crippen LogP contribution in [0.5, 0.6) is 0 Å². The van der Waals surface area contributed by atoms with Gasteiger partial charge in [-0.3, -0.25) is 9.32 Å². The highest BCUT2D eigenvalue weighted by Gasteiger charge is 2.16. The van der Waals surface area contributed by atoms with E-state index in [2.05, 4.69) is 95.0 Å². The van der Waals surface area contributed by atoms with Crippen molar-refractivity contribution in [3.63, 3.8) is 0 Å². The third-order valence-electron chi connectivity index (χ3n) is 6.11. The second kappa shape index (κ2) is 29.7. The Bertz CT molecular complexity index is 857. The fourth-order valence-corrected chi connectivity index (χ4v) is 3.52. The normalized spacial score (nSPS) is 13.8. The quantitative estimate of drug-likeness (QED) is 0.0447. The second-order valence-corrected chi connectivity index (χ2v) is 12.2. The number of phosphoric acid groups is 1. The number of phosphoric ester groups is 1. The van der Waals surface area contributed by atoms with Gasteiger partial charge < -0.3 is 10.6 Å². The standard InChI is InChI=1S/C27H45NO.C5H12.CH5O5P/c1-22(2)12-9-15-25(5)18-10-16-23(3)13-7-8-14-24(4)17-11-19-26(6)20-21-27(28)29;1-3-5-4-2;1-5-7(3,4)6-2/h12-14,18-19H,7-11,15-17,20-21H2,1-6H3,(H2,28,29);3-5H2,1-2H3;2H,1H3,(H,3,4)/b23-13+,24-14+,25-18+,26-19+;;. The first-order chi connectivity index (χ1) is 19.2. The molecule has 1 amide bonds. The SMILES string of the molecule is CC(C)=CCC/C(C)=C/CC/C(C)=C/CC/C=C(\C)CC/C=C(\C)CCC(N)=O.CCCCC.COP(=O)(O)OO. The van der Waals surface area contributed by atoms with Crippen LogP contribution in [0, 0.1) is 0 Å². The summed E-state index contributed by atoms with van der Waals surface area (Å²) in [4.78, 5) is 18.8. The summed E-state index contributed by atoms with van der Waals surface area (Å²) in [5.74, 6) is -0.220. The van der Waals surface area contributed by atoms with Crippen LogP contribution in [0.15, 0.2) is 58.2 Å².